The highest BCUT2D eigenvalue weighted by Gasteiger charge is 2.25. The third-order valence-electron chi connectivity index (χ3n) is 13.9. The minimum absolute atomic E-state index is 0.837. The van der Waals surface area contributed by atoms with Crippen LogP contribution in [-0.4, -0.2) is 9.13 Å². The lowest BCUT2D eigenvalue weighted by atomic mass is 9.93. The SMILES string of the molecule is Cc1cccc2c1oc1c(-n3c4ccccc4c4cccc5c6c(cc3c45)oc3cc4c5c(cccc5c36)c3ccccc3n4-c3cccc4c3oc3c(C)cccc34)cccc12. The number of furan rings is 3. The van der Waals surface area contributed by atoms with E-state index in [0.29, 0.717) is 0 Å². The van der Waals surface area contributed by atoms with Crippen LogP contribution < -0.4 is 0 Å². The highest BCUT2D eigenvalue weighted by molar-refractivity contribution is 6.36. The second kappa shape index (κ2) is 11.8. The van der Waals surface area contributed by atoms with Crippen molar-refractivity contribution < 1.29 is 13.3 Å². The lowest BCUT2D eigenvalue weighted by molar-refractivity contribution is 0.663. The summed E-state index contributed by atoms with van der Waals surface area (Å²) in [4.78, 5) is 0. The Hall–Kier alpha value is -8.28. The maximum atomic E-state index is 7.23. The smallest absolute Gasteiger partial charge is 0.159 e. The fourth-order valence-electron chi connectivity index (χ4n) is 11.3. The van der Waals surface area contributed by atoms with Crippen molar-refractivity contribution in [3.8, 4) is 11.4 Å². The van der Waals surface area contributed by atoms with Gasteiger partial charge in [0.2, 0.25) is 0 Å². The van der Waals surface area contributed by atoms with E-state index in [1.54, 1.807) is 0 Å². The van der Waals surface area contributed by atoms with E-state index in [1.165, 1.54) is 32.3 Å². The van der Waals surface area contributed by atoms with E-state index < -0.39 is 0 Å². The summed E-state index contributed by atoms with van der Waals surface area (Å²) in [7, 11) is 0. The average molecular weight is 807 g/mol. The monoisotopic (exact) mass is 806 g/mol. The molecule has 5 aromatic heterocycles. The van der Waals surface area contributed by atoms with Gasteiger partial charge in [-0.25, -0.2) is 0 Å². The molecule has 0 atom stereocenters. The van der Waals surface area contributed by atoms with Crippen molar-refractivity contribution in [2.75, 3.05) is 0 Å². The normalized spacial score (nSPS) is 12.6. The molecular formula is C58H34N2O3. The zero-order chi connectivity index (χ0) is 41.2. The van der Waals surface area contributed by atoms with Crippen LogP contribution in [0.15, 0.2) is 183 Å². The van der Waals surface area contributed by atoms with Crippen LogP contribution in [0.1, 0.15) is 11.1 Å². The molecule has 0 saturated heterocycles. The predicted molar refractivity (Wildman–Crippen MR) is 261 cm³/mol. The summed E-state index contributed by atoms with van der Waals surface area (Å²) < 4.78 is 25.7. The van der Waals surface area contributed by atoms with E-state index in [2.05, 4.69) is 193 Å². The number of pyridine rings is 2. The molecule has 0 aliphatic carbocycles. The van der Waals surface area contributed by atoms with Gasteiger partial charge in [0, 0.05) is 66.0 Å². The van der Waals surface area contributed by atoms with Gasteiger partial charge in [-0.3, -0.25) is 0 Å². The lowest BCUT2D eigenvalue weighted by Gasteiger charge is -2.20. The Morgan fingerprint density at radius 2 is 0.651 bits per heavy atom. The Kier molecular flexibility index (Phi) is 6.24. The van der Waals surface area contributed by atoms with Gasteiger partial charge in [0.15, 0.2) is 11.2 Å². The van der Waals surface area contributed by atoms with Gasteiger partial charge in [-0.2, -0.15) is 0 Å². The minimum Gasteiger partial charge on any atom is -0.456 e. The Morgan fingerprint density at radius 3 is 1.13 bits per heavy atom. The van der Waals surface area contributed by atoms with Crippen LogP contribution in [0.25, 0.3) is 142 Å². The largest absolute Gasteiger partial charge is 0.456 e. The van der Waals surface area contributed by atoms with E-state index in [-0.39, 0.29) is 0 Å². The molecule has 15 rings (SSSR count). The second-order valence-electron chi connectivity index (χ2n) is 17.2. The number of nitrogens with zero attached hydrogens (tertiary/aromatic N) is 2. The first-order valence-corrected chi connectivity index (χ1v) is 21.6. The summed E-state index contributed by atoms with van der Waals surface area (Å²) in [6.07, 6.45) is 0. The van der Waals surface area contributed by atoms with Crippen LogP contribution in [0.2, 0.25) is 0 Å². The molecule has 10 aromatic carbocycles. The van der Waals surface area contributed by atoms with Crippen LogP contribution in [0, 0.1) is 13.8 Å². The van der Waals surface area contributed by atoms with Gasteiger partial charge in [-0.05, 0) is 70.8 Å². The molecule has 0 unspecified atom stereocenters. The van der Waals surface area contributed by atoms with E-state index in [0.717, 1.165) is 121 Å². The summed E-state index contributed by atoms with van der Waals surface area (Å²) in [5.74, 6) is 0. The minimum atomic E-state index is 0.837. The molecule has 5 heteroatoms. The molecule has 15 aromatic rings. The molecule has 5 nitrogen and oxygen atoms in total. The molecule has 294 valence electrons. The third kappa shape index (κ3) is 4.17. The Bertz CT molecular complexity index is 4240. The van der Waals surface area contributed by atoms with E-state index in [1.807, 2.05) is 0 Å². The van der Waals surface area contributed by atoms with Gasteiger partial charge in [-0.15, -0.1) is 0 Å². The first kappa shape index (κ1) is 33.4. The Labute approximate surface area is 358 Å². The number of aryl methyl sites for hydroxylation is 2. The van der Waals surface area contributed by atoms with Crippen molar-refractivity contribution in [1.29, 1.82) is 0 Å². The number of rotatable bonds is 2. The Morgan fingerprint density at radius 1 is 0.286 bits per heavy atom. The maximum Gasteiger partial charge on any atom is 0.159 e. The van der Waals surface area contributed by atoms with Crippen molar-refractivity contribution in [2.45, 2.75) is 13.8 Å². The van der Waals surface area contributed by atoms with Gasteiger partial charge in [-0.1, -0.05) is 133 Å². The van der Waals surface area contributed by atoms with Gasteiger partial charge < -0.3 is 22.4 Å². The molecule has 63 heavy (non-hydrogen) atoms. The van der Waals surface area contributed by atoms with Gasteiger partial charge >= 0.3 is 0 Å². The number of fused-ring (bicyclic) bond motifs is 15. The maximum absolute atomic E-state index is 7.23. The summed E-state index contributed by atoms with van der Waals surface area (Å²) in [5.41, 5.74) is 13.8. The molecular weight excluding hydrogens is 773 g/mol. The highest BCUT2D eigenvalue weighted by atomic mass is 16.3. The average Bonchev–Trinajstić information content (AvgIpc) is 4.03. The van der Waals surface area contributed by atoms with Gasteiger partial charge in [0.1, 0.15) is 22.3 Å². The topological polar surface area (TPSA) is 49.3 Å². The summed E-state index contributed by atoms with van der Waals surface area (Å²) in [6, 6.07) is 61.3. The van der Waals surface area contributed by atoms with Crippen LogP contribution in [0.5, 0.6) is 0 Å². The van der Waals surface area contributed by atoms with Crippen LogP contribution >= 0.6 is 0 Å². The third-order valence-corrected chi connectivity index (χ3v) is 13.9. The second-order valence-corrected chi connectivity index (χ2v) is 17.2. The number of aromatic nitrogens is 2. The van der Waals surface area contributed by atoms with E-state index >= 15 is 0 Å². The van der Waals surface area contributed by atoms with Gasteiger partial charge in [0.25, 0.3) is 0 Å². The number of hydrogen-bond donors (Lipinski definition) is 0. The fraction of sp³-hybridized carbons (Fsp3) is 0.0345. The van der Waals surface area contributed by atoms with Crippen molar-refractivity contribution in [1.82, 2.24) is 9.13 Å². The van der Waals surface area contributed by atoms with Crippen LogP contribution in [-0.2, 0) is 0 Å². The first-order chi connectivity index (χ1) is 31.1. The summed E-state index contributed by atoms with van der Waals surface area (Å²) >= 11 is 0. The molecule has 0 amide bonds. The van der Waals surface area contributed by atoms with Crippen molar-refractivity contribution >= 4 is 131 Å². The van der Waals surface area contributed by atoms with Crippen LogP contribution in [0.3, 0.4) is 0 Å². The molecule has 0 aliphatic rings. The molecule has 0 fully saturated rings. The van der Waals surface area contributed by atoms with Gasteiger partial charge in [0.05, 0.1) is 33.4 Å². The highest BCUT2D eigenvalue weighted by Crippen LogP contribution is 2.48. The number of para-hydroxylation sites is 6. The molecule has 0 spiro atoms. The molecule has 0 bridgehead atoms. The zero-order valence-corrected chi connectivity index (χ0v) is 34.3. The standard InChI is InChI=1S/C58H34N2O3/c1-31-13-7-19-37-39-21-11-27-45(57(39)62-55(31)37)59-43-25-5-3-15-33(43)35-17-9-23-41-51(35)47(59)29-49-53(41)54-42-24-10-18-36-34-16-4-6-26-44(34)60(48(52(36)42)30-50(54)61-49)46-28-12-22-40-38-20-8-14-32(2)56(38)63-58(40)46/h3-30H,1-2H3. The van der Waals surface area contributed by atoms with E-state index in [4.69, 9.17) is 13.3 Å². The summed E-state index contributed by atoms with van der Waals surface area (Å²) in [5, 5.41) is 16.1. The first-order valence-electron chi connectivity index (χ1n) is 21.6. The molecule has 0 saturated carbocycles. The lowest BCUT2D eigenvalue weighted by Crippen LogP contribution is -2.02. The molecule has 0 N–H and O–H groups in total. The van der Waals surface area contributed by atoms with E-state index in [9.17, 15) is 0 Å². The van der Waals surface area contributed by atoms with Crippen molar-refractivity contribution in [2.24, 2.45) is 0 Å². The van der Waals surface area contributed by atoms with Crippen molar-refractivity contribution in [3.05, 3.63) is 181 Å². The molecule has 0 radical (unpaired) electrons. The quantitative estimate of drug-likeness (QED) is 0.129. The summed E-state index contributed by atoms with van der Waals surface area (Å²) in [6.45, 7) is 4.24. The number of hydrogen-bond acceptors (Lipinski definition) is 3. The zero-order valence-electron chi connectivity index (χ0n) is 34.3. The Balaban J connectivity index is 1.12. The molecule has 0 aliphatic heterocycles. The predicted octanol–water partition coefficient (Wildman–Crippen LogP) is 16.5. The van der Waals surface area contributed by atoms with Crippen molar-refractivity contribution in [3.63, 3.8) is 0 Å². The van der Waals surface area contributed by atoms with Crippen LogP contribution in [0.4, 0.5) is 0 Å². The fourth-order valence-corrected chi connectivity index (χ4v) is 11.3. The number of benzene rings is 10. The molecule has 5 heterocycles.